The Morgan fingerprint density at radius 2 is 1.83 bits per heavy atom. The molecule has 0 aliphatic carbocycles. The number of fused-ring (bicyclic) bond motifs is 1. The molecule has 0 radical (unpaired) electrons. The molecule has 0 atom stereocenters. The third kappa shape index (κ3) is 3.66. The highest BCUT2D eigenvalue weighted by Crippen LogP contribution is 2.27. The Morgan fingerprint density at radius 3 is 2.59 bits per heavy atom. The van der Waals surface area contributed by atoms with Gasteiger partial charge in [0.1, 0.15) is 0 Å². The van der Waals surface area contributed by atoms with Gasteiger partial charge in [-0.15, -0.1) is 0 Å². The summed E-state index contributed by atoms with van der Waals surface area (Å²) in [5.74, 6) is 0.712. The fourth-order valence-electron chi connectivity index (χ4n) is 4.20. The second-order valence-corrected chi connectivity index (χ2v) is 7.88. The van der Waals surface area contributed by atoms with Crippen molar-refractivity contribution in [2.45, 2.75) is 26.2 Å². The zero-order valence-corrected chi connectivity index (χ0v) is 16.7. The minimum absolute atomic E-state index is 0.712. The van der Waals surface area contributed by atoms with Crippen LogP contribution in [0, 0.1) is 12.8 Å². The first kappa shape index (κ1) is 18.0. The average molecular weight is 383 g/mol. The zero-order valence-electron chi connectivity index (χ0n) is 16.7. The van der Waals surface area contributed by atoms with E-state index < -0.39 is 0 Å². The molecule has 146 valence electrons. The Kier molecular flexibility index (Phi) is 4.82. The van der Waals surface area contributed by atoms with E-state index in [0.717, 1.165) is 58.9 Å². The fraction of sp³-hybridized carbons (Fsp3) is 0.292. The van der Waals surface area contributed by atoms with Gasteiger partial charge in [0.05, 0.1) is 11.9 Å². The molecule has 29 heavy (non-hydrogen) atoms. The Morgan fingerprint density at radius 1 is 1.00 bits per heavy atom. The summed E-state index contributed by atoms with van der Waals surface area (Å²) in [6.45, 7) is 4.33. The van der Waals surface area contributed by atoms with Crippen molar-refractivity contribution < 1.29 is 0 Å². The topological polar surface area (TPSA) is 55.1 Å². The molecule has 4 aromatic rings. The van der Waals surface area contributed by atoms with E-state index in [9.17, 15) is 0 Å². The lowest BCUT2D eigenvalue weighted by molar-refractivity contribution is 0.370. The molecular weight excluding hydrogens is 358 g/mol. The number of benzene rings is 1. The molecule has 1 aliphatic rings. The SMILES string of the molecule is Cc1cc(CC2CCNCC2)nc2c(-c3ccc(-c4ccccc4)nc3)cnn12. The molecule has 4 heterocycles. The lowest BCUT2D eigenvalue weighted by atomic mass is 9.93. The molecular formula is C24H25N5. The molecule has 1 saturated heterocycles. The smallest absolute Gasteiger partial charge is 0.163 e. The van der Waals surface area contributed by atoms with E-state index in [0.29, 0.717) is 5.92 Å². The zero-order chi connectivity index (χ0) is 19.6. The van der Waals surface area contributed by atoms with Gasteiger partial charge in [0.2, 0.25) is 0 Å². The molecule has 0 spiro atoms. The van der Waals surface area contributed by atoms with Gasteiger partial charge < -0.3 is 5.32 Å². The van der Waals surface area contributed by atoms with Crippen LogP contribution in [-0.4, -0.2) is 32.7 Å². The highest BCUT2D eigenvalue weighted by Gasteiger charge is 2.17. The van der Waals surface area contributed by atoms with Crippen LogP contribution in [0.15, 0.2) is 60.9 Å². The average Bonchev–Trinajstić information content (AvgIpc) is 3.20. The van der Waals surface area contributed by atoms with E-state index in [4.69, 9.17) is 4.98 Å². The van der Waals surface area contributed by atoms with Crippen LogP contribution in [0.5, 0.6) is 0 Å². The Bertz CT molecular complexity index is 1110. The third-order valence-corrected chi connectivity index (χ3v) is 5.80. The van der Waals surface area contributed by atoms with E-state index in [2.05, 4.69) is 52.7 Å². The maximum absolute atomic E-state index is 5.00. The summed E-state index contributed by atoms with van der Waals surface area (Å²) in [5, 5.41) is 8.02. The molecule has 0 saturated carbocycles. The third-order valence-electron chi connectivity index (χ3n) is 5.80. The van der Waals surface area contributed by atoms with Gasteiger partial charge in [-0.3, -0.25) is 4.98 Å². The summed E-state index contributed by atoms with van der Waals surface area (Å²) in [5.41, 5.74) is 7.39. The predicted molar refractivity (Wildman–Crippen MR) is 116 cm³/mol. The summed E-state index contributed by atoms with van der Waals surface area (Å²) in [6.07, 6.45) is 7.32. The number of nitrogens with one attached hydrogen (secondary N) is 1. The van der Waals surface area contributed by atoms with Gasteiger partial charge in [0.25, 0.3) is 0 Å². The van der Waals surface area contributed by atoms with Crippen molar-refractivity contribution in [1.82, 2.24) is 24.9 Å². The number of pyridine rings is 1. The second kappa shape index (κ2) is 7.76. The van der Waals surface area contributed by atoms with E-state index in [1.54, 1.807) is 0 Å². The number of hydrogen-bond acceptors (Lipinski definition) is 4. The number of rotatable bonds is 4. The summed E-state index contributed by atoms with van der Waals surface area (Å²) in [4.78, 5) is 9.68. The van der Waals surface area contributed by atoms with Crippen molar-refractivity contribution in [2.24, 2.45) is 5.92 Å². The molecule has 1 aliphatic heterocycles. The molecule has 5 nitrogen and oxygen atoms in total. The van der Waals surface area contributed by atoms with Gasteiger partial charge in [-0.1, -0.05) is 36.4 Å². The lowest BCUT2D eigenvalue weighted by Crippen LogP contribution is -2.28. The summed E-state index contributed by atoms with van der Waals surface area (Å²) in [6, 6.07) is 16.6. The molecule has 0 unspecified atom stereocenters. The fourth-order valence-corrected chi connectivity index (χ4v) is 4.20. The standard InChI is InChI=1S/C24H25N5/c1-17-13-21(14-18-9-11-25-12-10-18)28-24-22(16-27-29(17)24)20-7-8-23(26-15-20)19-5-3-2-4-6-19/h2-8,13,15-16,18,25H,9-12,14H2,1H3. The first-order valence-electron chi connectivity index (χ1n) is 10.3. The van der Waals surface area contributed by atoms with Crippen LogP contribution in [0.2, 0.25) is 0 Å². The molecule has 0 bridgehead atoms. The Hall–Kier alpha value is -3.05. The maximum atomic E-state index is 5.00. The second-order valence-electron chi connectivity index (χ2n) is 7.88. The molecule has 1 N–H and O–H groups in total. The van der Waals surface area contributed by atoms with Gasteiger partial charge in [-0.05, 0) is 57.3 Å². The van der Waals surface area contributed by atoms with Crippen LogP contribution in [0.1, 0.15) is 24.2 Å². The minimum atomic E-state index is 0.712. The largest absolute Gasteiger partial charge is 0.317 e. The van der Waals surface area contributed by atoms with E-state index >= 15 is 0 Å². The number of aromatic nitrogens is 4. The molecule has 0 amide bonds. The van der Waals surface area contributed by atoms with Gasteiger partial charge in [0.15, 0.2) is 5.65 Å². The van der Waals surface area contributed by atoms with Crippen LogP contribution in [0.25, 0.3) is 28.0 Å². The maximum Gasteiger partial charge on any atom is 0.163 e. The van der Waals surface area contributed by atoms with E-state index in [1.807, 2.05) is 35.1 Å². The van der Waals surface area contributed by atoms with Crippen LogP contribution in [0.3, 0.4) is 0 Å². The highest BCUT2D eigenvalue weighted by atomic mass is 15.3. The van der Waals surface area contributed by atoms with E-state index in [1.165, 1.54) is 12.8 Å². The van der Waals surface area contributed by atoms with Crippen LogP contribution in [-0.2, 0) is 6.42 Å². The van der Waals surface area contributed by atoms with Crippen LogP contribution < -0.4 is 5.32 Å². The van der Waals surface area contributed by atoms with Gasteiger partial charge in [-0.2, -0.15) is 5.10 Å². The Labute approximate surface area is 170 Å². The van der Waals surface area contributed by atoms with Crippen molar-refractivity contribution >= 4 is 5.65 Å². The lowest BCUT2D eigenvalue weighted by Gasteiger charge is -2.22. The van der Waals surface area contributed by atoms with Crippen molar-refractivity contribution in [3.63, 3.8) is 0 Å². The predicted octanol–water partition coefficient (Wildman–Crippen LogP) is 4.31. The van der Waals surface area contributed by atoms with Gasteiger partial charge >= 0.3 is 0 Å². The van der Waals surface area contributed by atoms with Crippen molar-refractivity contribution in [1.29, 1.82) is 0 Å². The minimum Gasteiger partial charge on any atom is -0.317 e. The number of nitrogens with zero attached hydrogens (tertiary/aromatic N) is 4. The molecule has 3 aromatic heterocycles. The normalized spacial score (nSPS) is 15.1. The first-order chi connectivity index (χ1) is 14.3. The van der Waals surface area contributed by atoms with Crippen LogP contribution >= 0.6 is 0 Å². The first-order valence-corrected chi connectivity index (χ1v) is 10.3. The number of aryl methyl sites for hydroxylation is 1. The number of hydrogen-bond donors (Lipinski definition) is 1. The van der Waals surface area contributed by atoms with Crippen molar-refractivity contribution in [2.75, 3.05) is 13.1 Å². The molecule has 5 heteroatoms. The van der Waals surface area contributed by atoms with Gasteiger partial charge in [0, 0.05) is 34.3 Å². The van der Waals surface area contributed by atoms with Gasteiger partial charge in [-0.25, -0.2) is 9.50 Å². The summed E-state index contributed by atoms with van der Waals surface area (Å²) < 4.78 is 1.94. The summed E-state index contributed by atoms with van der Waals surface area (Å²) >= 11 is 0. The van der Waals surface area contributed by atoms with Crippen molar-refractivity contribution in [3.05, 3.63) is 72.3 Å². The monoisotopic (exact) mass is 383 g/mol. The molecule has 1 fully saturated rings. The Balaban J connectivity index is 1.48. The van der Waals surface area contributed by atoms with E-state index in [-0.39, 0.29) is 0 Å². The van der Waals surface area contributed by atoms with Crippen LogP contribution in [0.4, 0.5) is 0 Å². The molecule has 1 aromatic carbocycles. The molecule has 5 rings (SSSR count). The highest BCUT2D eigenvalue weighted by molar-refractivity contribution is 5.77. The summed E-state index contributed by atoms with van der Waals surface area (Å²) in [7, 11) is 0. The number of piperidine rings is 1. The van der Waals surface area contributed by atoms with Crippen molar-refractivity contribution in [3.8, 4) is 22.4 Å². The quantitative estimate of drug-likeness (QED) is 0.571.